The first-order chi connectivity index (χ1) is 13.3. The monoisotopic (exact) mass is 410 g/mol. The van der Waals surface area contributed by atoms with Gasteiger partial charge in [0, 0.05) is 19.3 Å². The van der Waals surface area contributed by atoms with Crippen molar-refractivity contribution in [2.24, 2.45) is 5.92 Å². The minimum atomic E-state index is -4.32. The number of pyridine rings is 1. The first kappa shape index (κ1) is 20.7. The highest BCUT2D eigenvalue weighted by Crippen LogP contribution is 2.32. The van der Waals surface area contributed by atoms with Crippen LogP contribution in [0.4, 0.5) is 13.2 Å². The number of thioether (sulfide) groups is 1. The van der Waals surface area contributed by atoms with Crippen molar-refractivity contribution in [3.63, 3.8) is 0 Å². The summed E-state index contributed by atoms with van der Waals surface area (Å²) in [6.45, 7) is 0.900. The molecule has 1 aromatic heterocycles. The third-order valence-corrected chi connectivity index (χ3v) is 5.86. The zero-order valence-corrected chi connectivity index (χ0v) is 15.9. The molecule has 1 aliphatic heterocycles. The van der Waals surface area contributed by atoms with Crippen LogP contribution >= 0.6 is 11.8 Å². The van der Waals surface area contributed by atoms with E-state index in [0.29, 0.717) is 37.7 Å². The minimum absolute atomic E-state index is 0.0411. The second kappa shape index (κ2) is 8.96. The Morgan fingerprint density at radius 3 is 2.50 bits per heavy atom. The van der Waals surface area contributed by atoms with Crippen molar-refractivity contribution in [1.29, 1.82) is 0 Å². The quantitative estimate of drug-likeness (QED) is 0.746. The van der Waals surface area contributed by atoms with Gasteiger partial charge in [0.25, 0.3) is 5.91 Å². The minimum Gasteiger partial charge on any atom is -0.388 e. The van der Waals surface area contributed by atoms with Crippen molar-refractivity contribution in [3.05, 3.63) is 59.8 Å². The van der Waals surface area contributed by atoms with Crippen LogP contribution < -0.4 is 0 Å². The van der Waals surface area contributed by atoms with Gasteiger partial charge >= 0.3 is 6.18 Å². The van der Waals surface area contributed by atoms with Gasteiger partial charge in [-0.15, -0.1) is 0 Å². The first-order valence-corrected chi connectivity index (χ1v) is 10.0. The average Bonchev–Trinajstić information content (AvgIpc) is 2.71. The number of likely N-dealkylation sites (tertiary alicyclic amines) is 1. The summed E-state index contributed by atoms with van der Waals surface area (Å²) >= 11 is 0.525. The molecule has 1 saturated heterocycles. The SMILES string of the molecule is O=C(c1cccnc1SCC(F)(F)F)N1CCC([C@H](O)c2ccccc2)CC1. The lowest BCUT2D eigenvalue weighted by molar-refractivity contribution is -0.105. The molecular formula is C20H21F3N2O2S. The number of alkyl halides is 3. The molecular weight excluding hydrogens is 389 g/mol. The summed E-state index contributed by atoms with van der Waals surface area (Å²) in [5.41, 5.74) is 1.05. The highest BCUT2D eigenvalue weighted by Gasteiger charge is 2.31. The van der Waals surface area contributed by atoms with Gasteiger partial charge in [-0.1, -0.05) is 42.1 Å². The summed E-state index contributed by atoms with van der Waals surface area (Å²) in [6, 6.07) is 12.5. The molecule has 1 amide bonds. The fourth-order valence-corrected chi connectivity index (χ4v) is 4.08. The van der Waals surface area contributed by atoms with Crippen LogP contribution in [0.2, 0.25) is 0 Å². The molecule has 150 valence electrons. The van der Waals surface area contributed by atoms with E-state index in [-0.39, 0.29) is 22.4 Å². The number of benzene rings is 1. The average molecular weight is 410 g/mol. The maximum atomic E-state index is 12.8. The second-order valence-electron chi connectivity index (χ2n) is 6.75. The van der Waals surface area contributed by atoms with Crippen molar-refractivity contribution >= 4 is 17.7 Å². The number of carbonyl (C=O) groups is 1. The maximum Gasteiger partial charge on any atom is 0.398 e. The van der Waals surface area contributed by atoms with E-state index in [4.69, 9.17) is 0 Å². The van der Waals surface area contributed by atoms with Crippen LogP contribution in [0.15, 0.2) is 53.7 Å². The van der Waals surface area contributed by atoms with Crippen LogP contribution in [0.5, 0.6) is 0 Å². The second-order valence-corrected chi connectivity index (χ2v) is 7.71. The van der Waals surface area contributed by atoms with Crippen LogP contribution in [-0.2, 0) is 0 Å². The fraction of sp³-hybridized carbons (Fsp3) is 0.400. The van der Waals surface area contributed by atoms with Crippen molar-refractivity contribution in [2.75, 3.05) is 18.8 Å². The lowest BCUT2D eigenvalue weighted by Crippen LogP contribution is -2.40. The van der Waals surface area contributed by atoms with Gasteiger partial charge in [0.2, 0.25) is 0 Å². The Bertz CT molecular complexity index is 794. The number of carbonyl (C=O) groups excluding carboxylic acids is 1. The molecule has 8 heteroatoms. The van der Waals surface area contributed by atoms with Crippen molar-refractivity contribution in [1.82, 2.24) is 9.88 Å². The number of hydrogen-bond donors (Lipinski definition) is 1. The third-order valence-electron chi connectivity index (χ3n) is 4.79. The van der Waals surface area contributed by atoms with Crippen LogP contribution in [0.3, 0.4) is 0 Å². The molecule has 1 fully saturated rings. The van der Waals surface area contributed by atoms with Gasteiger partial charge in [0.15, 0.2) is 0 Å². The predicted molar refractivity (Wildman–Crippen MR) is 101 cm³/mol. The number of aromatic nitrogens is 1. The number of halogens is 3. The van der Waals surface area contributed by atoms with Gasteiger partial charge in [-0.3, -0.25) is 4.79 Å². The van der Waals surface area contributed by atoms with Crippen LogP contribution in [0.1, 0.15) is 34.9 Å². The summed E-state index contributed by atoms with van der Waals surface area (Å²) in [7, 11) is 0. The number of nitrogens with zero attached hydrogens (tertiary/aromatic N) is 2. The van der Waals surface area contributed by atoms with Gasteiger partial charge in [0.1, 0.15) is 5.03 Å². The Labute approximate surface area is 165 Å². The Balaban J connectivity index is 1.63. The lowest BCUT2D eigenvalue weighted by atomic mass is 9.87. The van der Waals surface area contributed by atoms with E-state index in [2.05, 4.69) is 4.98 Å². The van der Waals surface area contributed by atoms with Crippen molar-refractivity contribution in [3.8, 4) is 0 Å². The number of amides is 1. The number of piperidine rings is 1. The van der Waals surface area contributed by atoms with Crippen molar-refractivity contribution in [2.45, 2.75) is 30.1 Å². The summed E-state index contributed by atoms with van der Waals surface area (Å²) in [5.74, 6) is -1.36. The number of aliphatic hydroxyl groups is 1. The summed E-state index contributed by atoms with van der Waals surface area (Å²) in [5, 5.41) is 10.6. The van der Waals surface area contributed by atoms with E-state index in [1.807, 2.05) is 30.3 Å². The van der Waals surface area contributed by atoms with Crippen LogP contribution in [-0.4, -0.2) is 45.9 Å². The molecule has 1 N–H and O–H groups in total. The Morgan fingerprint density at radius 2 is 1.86 bits per heavy atom. The molecule has 2 heterocycles. The standard InChI is InChI=1S/C20H21F3N2O2S/c21-20(22,23)13-28-18-16(7-4-10-24-18)19(27)25-11-8-15(9-12-25)17(26)14-5-2-1-3-6-14/h1-7,10,15,17,26H,8-9,11-13H2/t17-/m1/s1. The number of hydrogen-bond acceptors (Lipinski definition) is 4. The van der Waals surface area contributed by atoms with E-state index in [9.17, 15) is 23.1 Å². The van der Waals surface area contributed by atoms with Gasteiger partial charge in [-0.2, -0.15) is 13.2 Å². The van der Waals surface area contributed by atoms with Crippen LogP contribution in [0.25, 0.3) is 0 Å². The van der Waals surface area contributed by atoms with Gasteiger partial charge in [0.05, 0.1) is 17.4 Å². The molecule has 1 atom stereocenters. The van der Waals surface area contributed by atoms with E-state index in [1.54, 1.807) is 11.0 Å². The van der Waals surface area contributed by atoms with E-state index < -0.39 is 18.0 Å². The van der Waals surface area contributed by atoms with Gasteiger partial charge < -0.3 is 10.0 Å². The zero-order valence-electron chi connectivity index (χ0n) is 15.1. The number of rotatable bonds is 5. The van der Waals surface area contributed by atoms with Gasteiger partial charge in [-0.05, 0) is 36.5 Å². The molecule has 0 aliphatic carbocycles. The topological polar surface area (TPSA) is 53.4 Å². The molecule has 0 unspecified atom stereocenters. The maximum absolute atomic E-state index is 12.8. The molecule has 0 bridgehead atoms. The summed E-state index contributed by atoms with van der Waals surface area (Å²) in [4.78, 5) is 18.4. The Hall–Kier alpha value is -2.06. The molecule has 28 heavy (non-hydrogen) atoms. The molecule has 2 aromatic rings. The molecule has 4 nitrogen and oxygen atoms in total. The predicted octanol–water partition coefficient (Wildman–Crippen LogP) is 4.32. The van der Waals surface area contributed by atoms with E-state index in [0.717, 1.165) is 5.56 Å². The molecule has 1 aromatic carbocycles. The largest absolute Gasteiger partial charge is 0.398 e. The molecule has 0 radical (unpaired) electrons. The third kappa shape index (κ3) is 5.26. The smallest absolute Gasteiger partial charge is 0.388 e. The van der Waals surface area contributed by atoms with E-state index in [1.165, 1.54) is 12.3 Å². The zero-order chi connectivity index (χ0) is 20.1. The molecule has 3 rings (SSSR count). The summed E-state index contributed by atoms with van der Waals surface area (Å²) < 4.78 is 37.6. The Morgan fingerprint density at radius 1 is 1.18 bits per heavy atom. The molecule has 0 spiro atoms. The van der Waals surface area contributed by atoms with E-state index >= 15 is 0 Å². The highest BCUT2D eigenvalue weighted by atomic mass is 32.2. The van der Waals surface area contributed by atoms with Gasteiger partial charge in [-0.25, -0.2) is 4.98 Å². The molecule has 0 saturated carbocycles. The van der Waals surface area contributed by atoms with Crippen molar-refractivity contribution < 1.29 is 23.1 Å². The first-order valence-electron chi connectivity index (χ1n) is 9.02. The highest BCUT2D eigenvalue weighted by molar-refractivity contribution is 7.99. The summed E-state index contributed by atoms with van der Waals surface area (Å²) in [6.07, 6.45) is -2.26. The fourth-order valence-electron chi connectivity index (χ4n) is 3.33. The lowest BCUT2D eigenvalue weighted by Gasteiger charge is -2.34. The Kier molecular flexibility index (Phi) is 6.61. The van der Waals surface area contributed by atoms with Crippen LogP contribution in [0, 0.1) is 5.92 Å². The molecule has 1 aliphatic rings. The normalized spacial score (nSPS) is 16.8. The number of aliphatic hydroxyl groups excluding tert-OH is 1.